The molecule has 0 amide bonds. The Morgan fingerprint density at radius 3 is 2.55 bits per heavy atom. The van der Waals surface area contributed by atoms with Crippen molar-refractivity contribution in [3.63, 3.8) is 0 Å². The molecule has 0 N–H and O–H groups in total. The Hall–Kier alpha value is -1.91. The zero-order valence-electron chi connectivity index (χ0n) is 13.5. The van der Waals surface area contributed by atoms with Crippen LogP contribution < -0.4 is 0 Å². The summed E-state index contributed by atoms with van der Waals surface area (Å²) in [5, 5.41) is 0. The van der Waals surface area contributed by atoms with Gasteiger partial charge >= 0.3 is 0 Å². The van der Waals surface area contributed by atoms with Crippen LogP contribution in [-0.4, -0.2) is 62.1 Å². The maximum absolute atomic E-state index is 6.09. The number of hydrogen-bond donors (Lipinski definition) is 0. The molecule has 22 heavy (non-hydrogen) atoms. The molecule has 0 aromatic carbocycles. The second-order valence-electron chi connectivity index (χ2n) is 5.95. The molecule has 2 fully saturated rings. The molecule has 0 aromatic heterocycles. The van der Waals surface area contributed by atoms with E-state index in [0.29, 0.717) is 6.61 Å². The highest BCUT2D eigenvalue weighted by Crippen LogP contribution is 2.29. The summed E-state index contributed by atoms with van der Waals surface area (Å²) in [7, 11) is 1.82. The van der Waals surface area contributed by atoms with Gasteiger partial charge < -0.3 is 19.3 Å². The Labute approximate surface area is 132 Å². The van der Waals surface area contributed by atoms with Crippen molar-refractivity contribution in [1.29, 1.82) is 0 Å². The van der Waals surface area contributed by atoms with Crippen LogP contribution in [0.3, 0.4) is 0 Å². The van der Waals surface area contributed by atoms with E-state index < -0.39 is 0 Å². The van der Waals surface area contributed by atoms with Gasteiger partial charge in [0, 0.05) is 39.4 Å². The van der Waals surface area contributed by atoms with Gasteiger partial charge in [0.25, 0.3) is 0 Å². The molecule has 5 heteroatoms. The van der Waals surface area contributed by atoms with Crippen molar-refractivity contribution in [2.24, 2.45) is 4.99 Å². The standard InChI is InChI=1S/C17H25N3O2/c1-14(11-19-7-9-20(10-8-19)13-18-2)17-12-21-15-5-3-4-6-16(15)22-17/h5-6,11,13,17H,3-4,7-10,12H2,1-2H3/b14-11-,18-13?/t17-/m1/s1. The molecule has 0 bridgehead atoms. The van der Waals surface area contributed by atoms with Gasteiger partial charge in [-0.2, -0.15) is 0 Å². The molecule has 0 aromatic rings. The summed E-state index contributed by atoms with van der Waals surface area (Å²) in [6.45, 7) is 6.80. The minimum absolute atomic E-state index is 0.0248. The summed E-state index contributed by atoms with van der Waals surface area (Å²) in [4.78, 5) is 8.69. The third kappa shape index (κ3) is 3.46. The monoisotopic (exact) mass is 303 g/mol. The van der Waals surface area contributed by atoms with Crippen LogP contribution in [0.25, 0.3) is 0 Å². The highest BCUT2D eigenvalue weighted by Gasteiger charge is 2.26. The van der Waals surface area contributed by atoms with Gasteiger partial charge in [-0.3, -0.25) is 4.99 Å². The quantitative estimate of drug-likeness (QED) is 0.591. The van der Waals surface area contributed by atoms with Gasteiger partial charge in [0.1, 0.15) is 6.61 Å². The van der Waals surface area contributed by atoms with Gasteiger partial charge in [-0.05, 0) is 37.5 Å². The molecule has 5 nitrogen and oxygen atoms in total. The Balaban J connectivity index is 1.56. The number of piperazine rings is 1. The Morgan fingerprint density at radius 2 is 1.82 bits per heavy atom. The molecule has 1 atom stereocenters. The topological polar surface area (TPSA) is 37.3 Å². The summed E-state index contributed by atoms with van der Waals surface area (Å²) >= 11 is 0. The fourth-order valence-corrected chi connectivity index (χ4v) is 2.96. The van der Waals surface area contributed by atoms with Gasteiger partial charge in [-0.25, -0.2) is 0 Å². The molecule has 2 heterocycles. The van der Waals surface area contributed by atoms with E-state index in [1.165, 1.54) is 5.57 Å². The van der Waals surface area contributed by atoms with E-state index in [2.05, 4.69) is 40.1 Å². The van der Waals surface area contributed by atoms with Crippen molar-refractivity contribution in [3.05, 3.63) is 35.4 Å². The third-order valence-electron chi connectivity index (χ3n) is 4.25. The van der Waals surface area contributed by atoms with Crippen LogP contribution >= 0.6 is 0 Å². The lowest BCUT2D eigenvalue weighted by atomic mass is 10.1. The molecule has 0 radical (unpaired) electrons. The second-order valence-corrected chi connectivity index (χ2v) is 5.95. The zero-order chi connectivity index (χ0) is 15.4. The minimum Gasteiger partial charge on any atom is -0.486 e. The molecule has 2 aliphatic heterocycles. The summed E-state index contributed by atoms with van der Waals surface area (Å²) in [6, 6.07) is 0. The van der Waals surface area contributed by atoms with Crippen LogP contribution in [0.5, 0.6) is 0 Å². The molecule has 0 saturated carbocycles. The van der Waals surface area contributed by atoms with Crippen LogP contribution in [-0.2, 0) is 9.47 Å². The van der Waals surface area contributed by atoms with Gasteiger partial charge in [0.2, 0.25) is 0 Å². The maximum atomic E-state index is 6.09. The number of allylic oxidation sites excluding steroid dienone is 2. The normalized spacial score (nSPS) is 26.1. The number of nitrogens with zero attached hydrogens (tertiary/aromatic N) is 3. The van der Waals surface area contributed by atoms with Crippen molar-refractivity contribution in [1.82, 2.24) is 9.80 Å². The van der Waals surface area contributed by atoms with E-state index in [4.69, 9.17) is 9.47 Å². The van der Waals surface area contributed by atoms with Crippen LogP contribution in [0.4, 0.5) is 0 Å². The van der Waals surface area contributed by atoms with E-state index in [9.17, 15) is 0 Å². The first-order valence-electron chi connectivity index (χ1n) is 8.05. The lowest BCUT2D eigenvalue weighted by Crippen LogP contribution is -2.43. The van der Waals surface area contributed by atoms with Gasteiger partial charge in [-0.15, -0.1) is 0 Å². The van der Waals surface area contributed by atoms with Crippen molar-refractivity contribution < 1.29 is 9.47 Å². The summed E-state index contributed by atoms with van der Waals surface area (Å²) in [6.07, 6.45) is 10.5. The van der Waals surface area contributed by atoms with Crippen LogP contribution in [0.1, 0.15) is 19.8 Å². The SMILES string of the molecule is CN=CN1CCN(/C=C(/C)[C@H]2COC3=CCCC=C3O2)CC1. The van der Waals surface area contributed by atoms with Gasteiger partial charge in [-0.1, -0.05) is 0 Å². The largest absolute Gasteiger partial charge is 0.486 e. The average molecular weight is 303 g/mol. The molecule has 3 rings (SSSR count). The van der Waals surface area contributed by atoms with Crippen molar-refractivity contribution in [2.45, 2.75) is 25.9 Å². The number of hydrogen-bond acceptors (Lipinski definition) is 4. The summed E-state index contributed by atoms with van der Waals surface area (Å²) in [5.74, 6) is 1.84. The Kier molecular flexibility index (Phi) is 4.71. The van der Waals surface area contributed by atoms with E-state index in [1.807, 2.05) is 13.4 Å². The van der Waals surface area contributed by atoms with E-state index in [1.54, 1.807) is 0 Å². The third-order valence-corrected chi connectivity index (χ3v) is 4.25. The first-order valence-corrected chi connectivity index (χ1v) is 8.05. The number of fused-ring (bicyclic) bond motifs is 1. The highest BCUT2D eigenvalue weighted by atomic mass is 16.6. The minimum atomic E-state index is 0.0248. The Bertz CT molecular complexity index is 514. The van der Waals surface area contributed by atoms with Gasteiger partial charge in [0.15, 0.2) is 17.6 Å². The molecule has 1 aliphatic carbocycles. The zero-order valence-corrected chi connectivity index (χ0v) is 13.5. The van der Waals surface area contributed by atoms with E-state index in [0.717, 1.165) is 50.5 Å². The van der Waals surface area contributed by atoms with Crippen LogP contribution in [0.2, 0.25) is 0 Å². The maximum Gasteiger partial charge on any atom is 0.158 e. The van der Waals surface area contributed by atoms with E-state index in [-0.39, 0.29) is 6.10 Å². The molecule has 2 saturated heterocycles. The summed E-state index contributed by atoms with van der Waals surface area (Å²) in [5.41, 5.74) is 1.23. The second kappa shape index (κ2) is 6.90. The number of aliphatic imine (C=N–C) groups is 1. The van der Waals surface area contributed by atoms with Crippen LogP contribution in [0, 0.1) is 0 Å². The van der Waals surface area contributed by atoms with Crippen molar-refractivity contribution in [3.8, 4) is 0 Å². The average Bonchev–Trinajstić information content (AvgIpc) is 2.56. The van der Waals surface area contributed by atoms with Crippen molar-refractivity contribution >= 4 is 6.34 Å². The molecule has 0 spiro atoms. The molecule has 3 aliphatic rings. The van der Waals surface area contributed by atoms with E-state index >= 15 is 0 Å². The predicted octanol–water partition coefficient (Wildman–Crippen LogP) is 2.14. The lowest BCUT2D eigenvalue weighted by molar-refractivity contribution is 0.00953. The fourth-order valence-electron chi connectivity index (χ4n) is 2.96. The lowest BCUT2D eigenvalue weighted by Gasteiger charge is -2.35. The van der Waals surface area contributed by atoms with Crippen LogP contribution in [0.15, 0.2) is 40.4 Å². The number of ether oxygens (including phenoxy) is 2. The first-order chi connectivity index (χ1) is 10.8. The van der Waals surface area contributed by atoms with Gasteiger partial charge in [0.05, 0.1) is 6.34 Å². The molecular weight excluding hydrogens is 278 g/mol. The highest BCUT2D eigenvalue weighted by molar-refractivity contribution is 5.54. The molecule has 0 unspecified atom stereocenters. The smallest absolute Gasteiger partial charge is 0.158 e. The Morgan fingerprint density at radius 1 is 1.14 bits per heavy atom. The van der Waals surface area contributed by atoms with Crippen molar-refractivity contribution in [2.75, 3.05) is 39.8 Å². The number of rotatable bonds is 3. The summed E-state index contributed by atoms with van der Waals surface area (Å²) < 4.78 is 11.9. The fraction of sp³-hybridized carbons (Fsp3) is 0.588. The molecule has 120 valence electrons. The first kappa shape index (κ1) is 15.0. The predicted molar refractivity (Wildman–Crippen MR) is 87.5 cm³/mol. The molecular formula is C17H25N3O2.